The lowest BCUT2D eigenvalue weighted by molar-refractivity contribution is -0.147. The minimum Gasteiger partial charge on any atom is -0.480 e. The van der Waals surface area contributed by atoms with Crippen molar-refractivity contribution in [1.29, 1.82) is 0 Å². The molecule has 0 fully saturated rings. The van der Waals surface area contributed by atoms with Gasteiger partial charge in [0.1, 0.15) is 13.2 Å². The number of hydrogen-bond donors (Lipinski definition) is 1. The molecule has 1 rings (SSSR count). The van der Waals surface area contributed by atoms with E-state index < -0.39 is 30.7 Å². The average Bonchev–Trinajstić information content (AvgIpc) is 2.20. The first-order valence-corrected chi connectivity index (χ1v) is 5.21. The van der Waals surface area contributed by atoms with Crippen molar-refractivity contribution in [1.82, 2.24) is 0 Å². The molecule has 0 bridgehead atoms. The van der Waals surface area contributed by atoms with E-state index in [4.69, 9.17) is 28.3 Å². The first-order chi connectivity index (χ1) is 7.83. The molecule has 0 saturated carbocycles. The normalized spacial score (nSPS) is 11.5. The molecule has 0 radical (unpaired) electrons. The fourth-order valence-electron chi connectivity index (χ4n) is 1.12. The van der Waals surface area contributed by atoms with Crippen LogP contribution in [0.5, 0.6) is 0 Å². The van der Waals surface area contributed by atoms with Gasteiger partial charge >= 0.3 is 5.97 Å². The summed E-state index contributed by atoms with van der Waals surface area (Å²) in [6.07, 6.45) is 0. The van der Waals surface area contributed by atoms with Gasteiger partial charge in [-0.05, 0) is 18.2 Å². The maximum absolute atomic E-state index is 13.6. The fraction of sp³-hybridized carbons (Fsp3) is 0.300. The van der Waals surface area contributed by atoms with Gasteiger partial charge in [0.25, 0.3) is 5.92 Å². The molecular weight excluding hydrogens is 277 g/mol. The van der Waals surface area contributed by atoms with Crippen LogP contribution in [0.25, 0.3) is 0 Å². The Morgan fingerprint density at radius 2 is 2.06 bits per heavy atom. The van der Waals surface area contributed by atoms with E-state index >= 15 is 0 Å². The number of carboxylic acid groups (broad SMARTS) is 1. The number of ether oxygens (including phenoxy) is 1. The van der Waals surface area contributed by atoms with Crippen molar-refractivity contribution in [2.75, 3.05) is 13.2 Å². The Balaban J connectivity index is 2.81. The number of carbonyl (C=O) groups is 1. The van der Waals surface area contributed by atoms with Crippen molar-refractivity contribution in [2.24, 2.45) is 0 Å². The van der Waals surface area contributed by atoms with Crippen LogP contribution in [0.3, 0.4) is 0 Å². The molecule has 1 aromatic carbocycles. The van der Waals surface area contributed by atoms with Gasteiger partial charge in [-0.15, -0.1) is 0 Å². The van der Waals surface area contributed by atoms with Crippen molar-refractivity contribution < 1.29 is 23.4 Å². The summed E-state index contributed by atoms with van der Waals surface area (Å²) in [6.45, 7) is -1.87. The highest BCUT2D eigenvalue weighted by Crippen LogP contribution is 2.35. The molecule has 17 heavy (non-hydrogen) atoms. The highest BCUT2D eigenvalue weighted by atomic mass is 35.5. The molecule has 0 spiro atoms. The van der Waals surface area contributed by atoms with Crippen LogP contribution in [0.1, 0.15) is 5.56 Å². The minimum absolute atomic E-state index is 0.113. The topological polar surface area (TPSA) is 46.5 Å². The number of aliphatic carboxylic acids is 1. The third-order valence-corrected chi connectivity index (χ3v) is 2.40. The van der Waals surface area contributed by atoms with Crippen LogP contribution in [-0.2, 0) is 15.5 Å². The van der Waals surface area contributed by atoms with Crippen molar-refractivity contribution in [3.63, 3.8) is 0 Å². The minimum atomic E-state index is -3.39. The van der Waals surface area contributed by atoms with Gasteiger partial charge in [0, 0.05) is 15.6 Å². The molecule has 3 nitrogen and oxygen atoms in total. The molecule has 1 N–H and O–H groups in total. The summed E-state index contributed by atoms with van der Waals surface area (Å²) in [5.41, 5.74) is -0.489. The number of benzene rings is 1. The Labute approximate surface area is 106 Å². The zero-order chi connectivity index (χ0) is 13.1. The van der Waals surface area contributed by atoms with E-state index in [0.717, 1.165) is 6.07 Å². The first-order valence-electron chi connectivity index (χ1n) is 4.46. The summed E-state index contributed by atoms with van der Waals surface area (Å²) >= 11 is 11.2. The van der Waals surface area contributed by atoms with Gasteiger partial charge in [0.05, 0.1) is 0 Å². The SMILES string of the molecule is O=C(O)COCC(F)(F)c1cc(Cl)ccc1Cl. The predicted molar refractivity (Wildman–Crippen MR) is 58.8 cm³/mol. The standard InChI is InChI=1S/C10H8Cl2F2O3/c11-6-1-2-8(12)7(3-6)10(13,14)5-17-4-9(15)16/h1-3H,4-5H2,(H,15,16). The number of rotatable bonds is 5. The van der Waals surface area contributed by atoms with Crippen LogP contribution < -0.4 is 0 Å². The Morgan fingerprint density at radius 3 is 2.65 bits per heavy atom. The maximum atomic E-state index is 13.6. The Kier molecular flexibility index (Phi) is 4.68. The smallest absolute Gasteiger partial charge is 0.329 e. The fourth-order valence-corrected chi connectivity index (χ4v) is 1.55. The molecule has 0 aliphatic rings. The number of carboxylic acids is 1. The van der Waals surface area contributed by atoms with Crippen LogP contribution in [0.15, 0.2) is 18.2 Å². The molecule has 0 heterocycles. The van der Waals surface area contributed by atoms with Crippen LogP contribution in [-0.4, -0.2) is 24.3 Å². The lowest BCUT2D eigenvalue weighted by atomic mass is 10.1. The molecule has 0 unspecified atom stereocenters. The third kappa shape index (κ3) is 4.11. The maximum Gasteiger partial charge on any atom is 0.329 e. The lowest BCUT2D eigenvalue weighted by Gasteiger charge is -2.17. The molecule has 7 heteroatoms. The van der Waals surface area contributed by atoms with Crippen molar-refractivity contribution in [3.05, 3.63) is 33.8 Å². The first kappa shape index (κ1) is 14.2. The molecule has 0 aliphatic carbocycles. The molecule has 94 valence electrons. The van der Waals surface area contributed by atoms with Gasteiger partial charge in [-0.3, -0.25) is 0 Å². The predicted octanol–water partition coefficient (Wildman–Crippen LogP) is 3.19. The van der Waals surface area contributed by atoms with E-state index in [1.54, 1.807) is 0 Å². The third-order valence-electron chi connectivity index (χ3n) is 1.83. The molecule has 0 aliphatic heterocycles. The summed E-state index contributed by atoms with van der Waals surface area (Å²) in [7, 11) is 0. The Hall–Kier alpha value is -0.910. The average molecular weight is 285 g/mol. The second-order valence-corrected chi connectivity index (χ2v) is 4.06. The van der Waals surface area contributed by atoms with E-state index in [1.807, 2.05) is 0 Å². The van der Waals surface area contributed by atoms with E-state index in [-0.39, 0.29) is 10.0 Å². The van der Waals surface area contributed by atoms with Crippen molar-refractivity contribution in [3.8, 4) is 0 Å². The molecule has 0 amide bonds. The molecule has 0 aromatic heterocycles. The quantitative estimate of drug-likeness (QED) is 0.903. The summed E-state index contributed by atoms with van der Waals surface area (Å²) < 4.78 is 31.5. The van der Waals surface area contributed by atoms with Gasteiger partial charge < -0.3 is 9.84 Å². The molecule has 1 aromatic rings. The highest BCUT2D eigenvalue weighted by Gasteiger charge is 2.34. The van der Waals surface area contributed by atoms with Crippen LogP contribution in [0.4, 0.5) is 8.78 Å². The van der Waals surface area contributed by atoms with Crippen LogP contribution in [0, 0.1) is 0 Å². The van der Waals surface area contributed by atoms with Crippen LogP contribution >= 0.6 is 23.2 Å². The van der Waals surface area contributed by atoms with Crippen molar-refractivity contribution in [2.45, 2.75) is 5.92 Å². The van der Waals surface area contributed by atoms with Crippen LogP contribution in [0.2, 0.25) is 10.0 Å². The molecule has 0 saturated heterocycles. The summed E-state index contributed by atoms with van der Waals surface area (Å²) in [5, 5.41) is 8.22. The highest BCUT2D eigenvalue weighted by molar-refractivity contribution is 6.33. The van der Waals surface area contributed by atoms with E-state index in [1.165, 1.54) is 12.1 Å². The number of halogens is 4. The Morgan fingerprint density at radius 1 is 1.41 bits per heavy atom. The monoisotopic (exact) mass is 284 g/mol. The second kappa shape index (κ2) is 5.62. The second-order valence-electron chi connectivity index (χ2n) is 3.22. The lowest BCUT2D eigenvalue weighted by Crippen LogP contribution is -2.23. The van der Waals surface area contributed by atoms with E-state index in [9.17, 15) is 13.6 Å². The van der Waals surface area contributed by atoms with Gasteiger partial charge in [-0.2, -0.15) is 8.78 Å². The van der Waals surface area contributed by atoms with Gasteiger partial charge in [-0.1, -0.05) is 23.2 Å². The zero-order valence-electron chi connectivity index (χ0n) is 8.42. The Bertz CT molecular complexity index is 424. The number of alkyl halides is 2. The molecule has 0 atom stereocenters. The summed E-state index contributed by atoms with van der Waals surface area (Å²) in [6, 6.07) is 3.64. The van der Waals surface area contributed by atoms with Gasteiger partial charge in [0.15, 0.2) is 0 Å². The van der Waals surface area contributed by atoms with Gasteiger partial charge in [0.2, 0.25) is 0 Å². The van der Waals surface area contributed by atoms with E-state index in [0.29, 0.717) is 0 Å². The number of hydrogen-bond acceptors (Lipinski definition) is 2. The summed E-state index contributed by atoms with van der Waals surface area (Å²) in [5.74, 6) is -4.71. The summed E-state index contributed by atoms with van der Waals surface area (Å²) in [4.78, 5) is 10.1. The van der Waals surface area contributed by atoms with Crippen molar-refractivity contribution >= 4 is 29.2 Å². The van der Waals surface area contributed by atoms with E-state index in [2.05, 4.69) is 4.74 Å². The molecular formula is C10H8Cl2F2O3. The zero-order valence-corrected chi connectivity index (χ0v) is 9.93. The van der Waals surface area contributed by atoms with Gasteiger partial charge in [-0.25, -0.2) is 4.79 Å². The largest absolute Gasteiger partial charge is 0.480 e.